The van der Waals surface area contributed by atoms with E-state index in [0.717, 1.165) is 22.9 Å². The fraction of sp³-hybridized carbons (Fsp3) is 0.450. The molecule has 1 aliphatic rings. The summed E-state index contributed by atoms with van der Waals surface area (Å²) in [5.74, 6) is 0.862. The van der Waals surface area contributed by atoms with E-state index in [1.807, 2.05) is 31.2 Å². The third-order valence-corrected chi connectivity index (χ3v) is 5.92. The van der Waals surface area contributed by atoms with Gasteiger partial charge >= 0.3 is 0 Å². The zero-order chi connectivity index (χ0) is 17.8. The van der Waals surface area contributed by atoms with E-state index in [2.05, 4.69) is 23.3 Å². The smallest absolute Gasteiger partial charge is 0.230 e. The van der Waals surface area contributed by atoms with Crippen LogP contribution in [0.4, 0.5) is 0 Å². The van der Waals surface area contributed by atoms with Gasteiger partial charge in [-0.3, -0.25) is 4.79 Å². The van der Waals surface area contributed by atoms with E-state index in [1.54, 1.807) is 0 Å². The molecule has 130 valence electrons. The first kappa shape index (κ1) is 17.8. The molecule has 0 bridgehead atoms. The molecule has 2 aromatic rings. The predicted molar refractivity (Wildman–Crippen MR) is 101 cm³/mol. The molecule has 0 unspecified atom stereocenters. The third-order valence-electron chi connectivity index (χ3n) is 4.93. The number of carbonyl (C=O) groups is 1. The summed E-state index contributed by atoms with van der Waals surface area (Å²) in [6, 6.07) is 10.3. The van der Waals surface area contributed by atoms with Crippen molar-refractivity contribution in [1.29, 1.82) is 5.26 Å². The maximum absolute atomic E-state index is 12.3. The molecular formula is C20H23N3OS. The van der Waals surface area contributed by atoms with Crippen LogP contribution in [0.3, 0.4) is 0 Å². The van der Waals surface area contributed by atoms with Crippen molar-refractivity contribution >= 4 is 28.6 Å². The summed E-state index contributed by atoms with van der Waals surface area (Å²) in [5, 5.41) is 14.2. The van der Waals surface area contributed by atoms with Crippen LogP contribution in [0.25, 0.3) is 10.9 Å². The van der Waals surface area contributed by atoms with Crippen LogP contribution >= 0.6 is 11.8 Å². The van der Waals surface area contributed by atoms with E-state index < -0.39 is 0 Å². The molecule has 5 heteroatoms. The number of benzene rings is 1. The molecule has 0 aliphatic heterocycles. The molecule has 1 N–H and O–H groups in total. The van der Waals surface area contributed by atoms with E-state index in [4.69, 9.17) is 0 Å². The summed E-state index contributed by atoms with van der Waals surface area (Å²) < 4.78 is 0. The summed E-state index contributed by atoms with van der Waals surface area (Å²) in [5.41, 5.74) is 2.50. The van der Waals surface area contributed by atoms with Gasteiger partial charge in [-0.05, 0) is 37.3 Å². The van der Waals surface area contributed by atoms with Crippen LogP contribution in [-0.4, -0.2) is 22.7 Å². The molecule has 1 aromatic carbocycles. The first-order valence-corrected chi connectivity index (χ1v) is 9.79. The first-order valence-electron chi connectivity index (χ1n) is 8.81. The van der Waals surface area contributed by atoms with Gasteiger partial charge in [-0.2, -0.15) is 5.26 Å². The second kappa shape index (κ2) is 7.88. The number of hydrogen-bond acceptors (Lipinski definition) is 4. The number of nitrogens with zero attached hydrogens (tertiary/aromatic N) is 2. The van der Waals surface area contributed by atoms with Gasteiger partial charge in [0.2, 0.25) is 5.91 Å². The molecule has 2 atom stereocenters. The van der Waals surface area contributed by atoms with Crippen LogP contribution in [0.2, 0.25) is 0 Å². The Labute approximate surface area is 153 Å². The lowest BCUT2D eigenvalue weighted by molar-refractivity contribution is -0.119. The van der Waals surface area contributed by atoms with Crippen molar-refractivity contribution in [1.82, 2.24) is 10.3 Å². The van der Waals surface area contributed by atoms with Crippen molar-refractivity contribution in [3.8, 4) is 6.07 Å². The molecule has 1 aliphatic carbocycles. The fourth-order valence-corrected chi connectivity index (χ4v) is 4.20. The highest BCUT2D eigenvalue weighted by Crippen LogP contribution is 2.27. The van der Waals surface area contributed by atoms with Crippen LogP contribution in [0.5, 0.6) is 0 Å². The summed E-state index contributed by atoms with van der Waals surface area (Å²) in [7, 11) is 0. The first-order chi connectivity index (χ1) is 12.1. The monoisotopic (exact) mass is 353 g/mol. The Morgan fingerprint density at radius 2 is 2.20 bits per heavy atom. The number of nitrogens with one attached hydrogen (secondary N) is 1. The largest absolute Gasteiger partial charge is 0.352 e. The van der Waals surface area contributed by atoms with Gasteiger partial charge in [-0.15, -0.1) is 0 Å². The number of para-hydroxylation sites is 1. The number of rotatable bonds is 4. The van der Waals surface area contributed by atoms with Gasteiger partial charge in [-0.25, -0.2) is 4.98 Å². The van der Waals surface area contributed by atoms with E-state index >= 15 is 0 Å². The van der Waals surface area contributed by atoms with Crippen LogP contribution in [0.1, 0.15) is 43.7 Å². The molecule has 0 saturated heterocycles. The van der Waals surface area contributed by atoms with Crippen molar-refractivity contribution in [2.45, 2.75) is 50.6 Å². The van der Waals surface area contributed by atoms with Gasteiger partial charge in [0, 0.05) is 11.4 Å². The molecule has 4 nitrogen and oxygen atoms in total. The Hall–Kier alpha value is -2.06. The average molecular weight is 353 g/mol. The number of amides is 1. The lowest BCUT2D eigenvalue weighted by Crippen LogP contribution is -2.41. The molecule has 1 amide bonds. The molecule has 1 heterocycles. The Kier molecular flexibility index (Phi) is 5.60. The van der Waals surface area contributed by atoms with Crippen LogP contribution in [-0.2, 0) is 4.79 Å². The number of hydrogen-bond donors (Lipinski definition) is 1. The number of carbonyl (C=O) groups excluding carboxylic acids is 1. The highest BCUT2D eigenvalue weighted by Gasteiger charge is 2.23. The van der Waals surface area contributed by atoms with E-state index in [1.165, 1.54) is 31.0 Å². The SMILES string of the molecule is Cc1cccc2cc(C#N)c(SCC(=O)N[C@@H]3CCCC[C@@H]3C)nc12. The minimum atomic E-state index is 0.0271. The topological polar surface area (TPSA) is 65.8 Å². The van der Waals surface area contributed by atoms with Gasteiger partial charge < -0.3 is 5.32 Å². The van der Waals surface area contributed by atoms with E-state index in [-0.39, 0.29) is 11.9 Å². The highest BCUT2D eigenvalue weighted by atomic mass is 32.2. The average Bonchev–Trinajstić information content (AvgIpc) is 2.61. The number of aryl methyl sites for hydroxylation is 1. The predicted octanol–water partition coefficient (Wildman–Crippen LogP) is 4.20. The molecule has 0 spiro atoms. The summed E-state index contributed by atoms with van der Waals surface area (Å²) in [6.07, 6.45) is 4.69. The van der Waals surface area contributed by atoms with Crippen molar-refractivity contribution in [2.24, 2.45) is 5.92 Å². The Morgan fingerprint density at radius 3 is 2.96 bits per heavy atom. The van der Waals surface area contributed by atoms with E-state index in [9.17, 15) is 10.1 Å². The van der Waals surface area contributed by atoms with Crippen molar-refractivity contribution in [3.63, 3.8) is 0 Å². The van der Waals surface area contributed by atoms with Crippen molar-refractivity contribution in [3.05, 3.63) is 35.4 Å². The van der Waals surface area contributed by atoms with Gasteiger partial charge in [0.15, 0.2) is 0 Å². The zero-order valence-electron chi connectivity index (χ0n) is 14.7. The van der Waals surface area contributed by atoms with Gasteiger partial charge in [-0.1, -0.05) is 49.7 Å². The molecule has 3 rings (SSSR count). The van der Waals surface area contributed by atoms with Crippen molar-refractivity contribution < 1.29 is 4.79 Å². The molecule has 1 saturated carbocycles. The maximum atomic E-state index is 12.3. The number of thioether (sulfide) groups is 1. The number of nitriles is 1. The minimum absolute atomic E-state index is 0.0271. The van der Waals surface area contributed by atoms with Gasteiger partial charge in [0.05, 0.1) is 16.8 Å². The molecule has 25 heavy (non-hydrogen) atoms. The number of pyridine rings is 1. The van der Waals surface area contributed by atoms with Crippen LogP contribution < -0.4 is 5.32 Å². The van der Waals surface area contributed by atoms with E-state index in [0.29, 0.717) is 22.3 Å². The van der Waals surface area contributed by atoms with Gasteiger partial charge in [0.25, 0.3) is 0 Å². The Bertz CT molecular complexity index is 828. The lowest BCUT2D eigenvalue weighted by atomic mass is 9.86. The normalized spacial score (nSPS) is 20.2. The standard InChI is InChI=1S/C20H23N3OS/c1-13-6-3-4-9-17(13)22-18(24)12-25-20-16(11-21)10-15-8-5-7-14(2)19(15)23-20/h5,7-8,10,13,17H,3-4,6,9,12H2,1-2H3,(H,22,24)/t13-,17+/m0/s1. The second-order valence-electron chi connectivity index (χ2n) is 6.82. The molecule has 1 aromatic heterocycles. The number of fused-ring (bicyclic) bond motifs is 1. The third kappa shape index (κ3) is 4.13. The zero-order valence-corrected chi connectivity index (χ0v) is 15.5. The molecule has 1 fully saturated rings. The summed E-state index contributed by atoms with van der Waals surface area (Å²) in [4.78, 5) is 17.0. The quantitative estimate of drug-likeness (QED) is 0.837. The van der Waals surface area contributed by atoms with Gasteiger partial charge in [0.1, 0.15) is 11.1 Å². The summed E-state index contributed by atoms with van der Waals surface area (Å²) in [6.45, 7) is 4.21. The fourth-order valence-electron chi connectivity index (χ4n) is 3.43. The second-order valence-corrected chi connectivity index (χ2v) is 7.79. The highest BCUT2D eigenvalue weighted by molar-refractivity contribution is 8.00. The number of aromatic nitrogens is 1. The van der Waals surface area contributed by atoms with Crippen molar-refractivity contribution in [2.75, 3.05) is 5.75 Å². The van der Waals surface area contributed by atoms with Crippen LogP contribution in [0, 0.1) is 24.2 Å². The molecule has 0 radical (unpaired) electrons. The molecular weight excluding hydrogens is 330 g/mol. The lowest BCUT2D eigenvalue weighted by Gasteiger charge is -2.29. The maximum Gasteiger partial charge on any atom is 0.230 e. The Morgan fingerprint density at radius 1 is 1.40 bits per heavy atom. The summed E-state index contributed by atoms with van der Waals surface area (Å²) >= 11 is 1.35. The minimum Gasteiger partial charge on any atom is -0.352 e. The Balaban J connectivity index is 1.71. The van der Waals surface area contributed by atoms with Crippen LogP contribution in [0.15, 0.2) is 29.3 Å².